The summed E-state index contributed by atoms with van der Waals surface area (Å²) >= 11 is 0. The first-order chi connectivity index (χ1) is 20.9. The molecule has 0 N–H and O–H groups in total. The van der Waals surface area contributed by atoms with Gasteiger partial charge in [-0.2, -0.15) is 26.3 Å². The molecule has 1 aromatic rings. The highest BCUT2D eigenvalue weighted by Crippen LogP contribution is 2.50. The molecule has 2 saturated heterocycles. The van der Waals surface area contributed by atoms with Gasteiger partial charge in [0.1, 0.15) is 22.6 Å². The Labute approximate surface area is 253 Å². The Morgan fingerprint density at radius 3 is 1.25 bits per heavy atom. The van der Waals surface area contributed by atoms with Gasteiger partial charge in [-0.1, -0.05) is 25.7 Å². The topological polar surface area (TPSA) is 77.7 Å². The number of carbonyl (C=O) groups is 2. The molecule has 0 aromatic heterocycles. The monoisotopic (exact) mass is 634 g/mol. The number of alkyl halides is 6. The SMILES string of the molecule is O=C(Oc1ccc(OC(=O)C2CCC(CCCC3CO3)CC2)c(C(F)(F)F)c1C(F)(F)F)C1CCC(CCCC2CO2)CC1. The molecule has 4 fully saturated rings. The van der Waals surface area contributed by atoms with Crippen LogP contribution in [0.4, 0.5) is 26.3 Å². The summed E-state index contributed by atoms with van der Waals surface area (Å²) in [6.07, 6.45) is -0.177. The quantitative estimate of drug-likeness (QED) is 0.0997. The molecular weight excluding hydrogens is 594 g/mol. The van der Waals surface area contributed by atoms with Gasteiger partial charge in [0.15, 0.2) is 0 Å². The summed E-state index contributed by atoms with van der Waals surface area (Å²) in [4.78, 5) is 25.7. The average molecular weight is 635 g/mol. The minimum absolute atomic E-state index is 0.336. The van der Waals surface area contributed by atoms with Gasteiger partial charge in [0.2, 0.25) is 0 Å². The van der Waals surface area contributed by atoms with Crippen LogP contribution in [0.25, 0.3) is 0 Å². The third-order valence-corrected chi connectivity index (χ3v) is 9.56. The maximum absolute atomic E-state index is 14.2. The van der Waals surface area contributed by atoms with E-state index < -0.39 is 58.8 Å². The van der Waals surface area contributed by atoms with Gasteiger partial charge in [-0.3, -0.25) is 9.59 Å². The molecular formula is C32H40F6O6. The zero-order valence-electron chi connectivity index (χ0n) is 24.6. The third-order valence-electron chi connectivity index (χ3n) is 9.56. The van der Waals surface area contributed by atoms with E-state index in [2.05, 4.69) is 0 Å². The summed E-state index contributed by atoms with van der Waals surface area (Å²) in [5.41, 5.74) is -4.33. The first-order valence-electron chi connectivity index (χ1n) is 15.9. The van der Waals surface area contributed by atoms with Gasteiger partial charge in [0.05, 0.1) is 37.3 Å². The van der Waals surface area contributed by atoms with Crippen molar-refractivity contribution in [3.8, 4) is 11.5 Å². The van der Waals surface area contributed by atoms with E-state index in [1.807, 2.05) is 0 Å². The Morgan fingerprint density at radius 1 is 0.614 bits per heavy atom. The lowest BCUT2D eigenvalue weighted by Gasteiger charge is -2.28. The molecule has 4 aliphatic rings. The van der Waals surface area contributed by atoms with E-state index >= 15 is 0 Å². The van der Waals surface area contributed by atoms with Gasteiger partial charge in [-0.05, 0) is 88.2 Å². The van der Waals surface area contributed by atoms with Gasteiger partial charge < -0.3 is 18.9 Å². The van der Waals surface area contributed by atoms with Crippen molar-refractivity contribution >= 4 is 11.9 Å². The second-order valence-electron chi connectivity index (χ2n) is 12.9. The molecule has 2 saturated carbocycles. The number of esters is 2. The fourth-order valence-electron chi connectivity index (χ4n) is 6.79. The normalized spacial score (nSPS) is 28.8. The molecule has 6 nitrogen and oxygen atoms in total. The van der Waals surface area contributed by atoms with Crippen LogP contribution in [0, 0.1) is 23.7 Å². The van der Waals surface area contributed by atoms with Gasteiger partial charge in [0, 0.05) is 0 Å². The molecule has 2 aliphatic heterocycles. The largest absolute Gasteiger partial charge is 0.426 e. The van der Waals surface area contributed by atoms with Crippen molar-refractivity contribution in [1.82, 2.24) is 0 Å². The van der Waals surface area contributed by atoms with E-state index in [0.717, 1.165) is 51.7 Å². The predicted molar refractivity (Wildman–Crippen MR) is 146 cm³/mol. The van der Waals surface area contributed by atoms with E-state index in [4.69, 9.17) is 18.9 Å². The summed E-state index contributed by atoms with van der Waals surface area (Å²) in [7, 11) is 0. The molecule has 0 spiro atoms. The van der Waals surface area contributed by atoms with Crippen LogP contribution < -0.4 is 9.47 Å². The second-order valence-corrected chi connectivity index (χ2v) is 12.9. The lowest BCUT2D eigenvalue weighted by molar-refractivity contribution is -0.166. The summed E-state index contributed by atoms with van der Waals surface area (Å²) in [5.74, 6) is -5.10. The van der Waals surface area contributed by atoms with Crippen LogP contribution in [0.3, 0.4) is 0 Å². The number of hydrogen-bond donors (Lipinski definition) is 0. The Balaban J connectivity index is 1.22. The highest BCUT2D eigenvalue weighted by Gasteiger charge is 2.49. The molecule has 0 amide bonds. The lowest BCUT2D eigenvalue weighted by Crippen LogP contribution is -2.29. The molecule has 0 radical (unpaired) electrons. The van der Waals surface area contributed by atoms with Gasteiger partial charge in [-0.15, -0.1) is 0 Å². The highest BCUT2D eigenvalue weighted by atomic mass is 19.4. The molecule has 246 valence electrons. The van der Waals surface area contributed by atoms with Crippen molar-refractivity contribution in [2.24, 2.45) is 23.7 Å². The lowest BCUT2D eigenvalue weighted by atomic mass is 9.80. The Bertz CT molecular complexity index is 1050. The van der Waals surface area contributed by atoms with Crippen LogP contribution in [0.2, 0.25) is 0 Å². The molecule has 1 aromatic carbocycles. The zero-order valence-corrected chi connectivity index (χ0v) is 24.6. The van der Waals surface area contributed by atoms with Crippen molar-refractivity contribution in [2.75, 3.05) is 13.2 Å². The summed E-state index contributed by atoms with van der Waals surface area (Å²) in [6, 6.07) is 1.29. The van der Waals surface area contributed by atoms with Gasteiger partial charge in [0.25, 0.3) is 0 Å². The molecule has 12 heteroatoms. The first kappa shape index (κ1) is 33.0. The molecule has 2 heterocycles. The molecule has 5 rings (SSSR count). The van der Waals surface area contributed by atoms with Gasteiger partial charge >= 0.3 is 24.3 Å². The number of rotatable bonds is 12. The number of epoxide rings is 2. The zero-order chi connectivity index (χ0) is 31.5. The Hall–Kier alpha value is -2.34. The average Bonchev–Trinajstić information content (AvgIpc) is 3.90. The molecule has 2 aliphatic carbocycles. The van der Waals surface area contributed by atoms with Crippen LogP contribution >= 0.6 is 0 Å². The van der Waals surface area contributed by atoms with Crippen molar-refractivity contribution < 1.29 is 54.9 Å². The van der Waals surface area contributed by atoms with Gasteiger partial charge in [-0.25, -0.2) is 0 Å². The Kier molecular flexibility index (Phi) is 10.5. The highest BCUT2D eigenvalue weighted by molar-refractivity contribution is 5.78. The van der Waals surface area contributed by atoms with Crippen LogP contribution in [-0.4, -0.2) is 37.4 Å². The number of ether oxygens (including phenoxy) is 4. The maximum Gasteiger partial charge on any atom is 0.420 e. The summed E-state index contributed by atoms with van der Waals surface area (Å²) in [5, 5.41) is 0. The van der Waals surface area contributed by atoms with Crippen LogP contribution in [0.1, 0.15) is 101 Å². The van der Waals surface area contributed by atoms with Crippen LogP contribution in [-0.2, 0) is 31.4 Å². The molecule has 0 bridgehead atoms. The van der Waals surface area contributed by atoms with Crippen molar-refractivity contribution in [2.45, 2.75) is 114 Å². The maximum atomic E-state index is 14.2. The number of halogens is 6. The van der Waals surface area contributed by atoms with Crippen LogP contribution in [0.15, 0.2) is 12.1 Å². The summed E-state index contributed by atoms with van der Waals surface area (Å²) in [6.45, 7) is 1.58. The second kappa shape index (κ2) is 14.0. The number of benzene rings is 1. The smallest absolute Gasteiger partial charge is 0.420 e. The van der Waals surface area contributed by atoms with Crippen LogP contribution in [0.5, 0.6) is 11.5 Å². The Morgan fingerprint density at radius 2 is 0.955 bits per heavy atom. The van der Waals surface area contributed by atoms with E-state index in [-0.39, 0.29) is 0 Å². The first-order valence-corrected chi connectivity index (χ1v) is 15.9. The van der Waals surface area contributed by atoms with E-state index in [1.54, 1.807) is 0 Å². The fraction of sp³-hybridized carbons (Fsp3) is 0.750. The number of hydrogen-bond acceptors (Lipinski definition) is 6. The molecule has 44 heavy (non-hydrogen) atoms. The minimum Gasteiger partial charge on any atom is -0.426 e. The van der Waals surface area contributed by atoms with E-state index in [9.17, 15) is 35.9 Å². The van der Waals surface area contributed by atoms with Crippen molar-refractivity contribution in [3.05, 3.63) is 23.3 Å². The summed E-state index contributed by atoms with van der Waals surface area (Å²) < 4.78 is 106. The molecule has 2 atom stereocenters. The minimum atomic E-state index is -5.53. The third kappa shape index (κ3) is 9.11. The van der Waals surface area contributed by atoms with E-state index in [0.29, 0.717) is 87.5 Å². The predicted octanol–water partition coefficient (Wildman–Crippen LogP) is 8.29. The fourth-order valence-corrected chi connectivity index (χ4v) is 6.79. The number of carbonyl (C=O) groups excluding carboxylic acids is 2. The molecule has 2 unspecified atom stereocenters. The van der Waals surface area contributed by atoms with Crippen molar-refractivity contribution in [3.63, 3.8) is 0 Å². The van der Waals surface area contributed by atoms with Crippen molar-refractivity contribution in [1.29, 1.82) is 0 Å². The van der Waals surface area contributed by atoms with E-state index in [1.165, 1.54) is 0 Å². The standard InChI is InChI=1S/C32H40F6O6/c33-31(34,35)27-25(43-29(39)21-11-7-19(8-12-21)3-1-5-23-17-41-23)15-16-26(28(27)32(36,37)38)44-30(40)22-13-9-20(10-14-22)4-2-6-24-18-42-24/h15-16,19-24H,1-14,17-18H2.